The predicted molar refractivity (Wildman–Crippen MR) is 325 cm³/mol. The second-order valence-electron chi connectivity index (χ2n) is 30.2. The SMILES string of the molecule is CC(C)(C)c1ccc(N2c3cc4c(cc3B3c5cc6c(cc5C(C)(C)c5cc(C(C)(C)C)cc2c53)N(c2ccc(C(C)(C)C)cc2)C2(C)CCCCC62C)C2(C)CCCCC2(C)N4c2ccc(C(C)(C)C)cc2)cc1. The zero-order valence-corrected chi connectivity index (χ0v) is 49.5. The molecular weight excluding hydrogens is 906 g/mol. The molecule has 4 atom stereocenters. The molecule has 0 bridgehead atoms. The number of rotatable bonds is 3. The van der Waals surface area contributed by atoms with Crippen molar-refractivity contribution in [3.63, 3.8) is 0 Å². The summed E-state index contributed by atoms with van der Waals surface area (Å²) in [7, 11) is 0. The zero-order chi connectivity index (χ0) is 53.6. The van der Waals surface area contributed by atoms with Crippen molar-refractivity contribution in [3.05, 3.63) is 154 Å². The number of hydrogen-bond acceptors (Lipinski definition) is 3. The Morgan fingerprint density at radius 1 is 0.360 bits per heavy atom. The average molecular weight is 994 g/mol. The Morgan fingerprint density at radius 3 is 1.20 bits per heavy atom. The van der Waals surface area contributed by atoms with Crippen LogP contribution in [0.2, 0.25) is 0 Å². The van der Waals surface area contributed by atoms with Gasteiger partial charge in [0.25, 0.3) is 0 Å². The molecule has 2 fully saturated rings. The van der Waals surface area contributed by atoms with E-state index in [-0.39, 0.29) is 55.7 Å². The van der Waals surface area contributed by atoms with Crippen molar-refractivity contribution in [2.24, 2.45) is 0 Å². The van der Waals surface area contributed by atoms with Crippen molar-refractivity contribution < 1.29 is 0 Å². The zero-order valence-electron chi connectivity index (χ0n) is 49.5. The van der Waals surface area contributed by atoms with E-state index in [0.29, 0.717) is 0 Å². The van der Waals surface area contributed by atoms with Crippen LogP contribution in [-0.4, -0.2) is 17.8 Å². The number of hydrogen-bond donors (Lipinski definition) is 0. The molecule has 6 aromatic carbocycles. The van der Waals surface area contributed by atoms with E-state index in [0.717, 1.165) is 0 Å². The molecular formula is C71H88BN3. The Morgan fingerprint density at radius 2 is 0.760 bits per heavy atom. The van der Waals surface area contributed by atoms with Gasteiger partial charge in [0.15, 0.2) is 0 Å². The second kappa shape index (κ2) is 15.9. The van der Waals surface area contributed by atoms with Crippen molar-refractivity contribution in [2.45, 2.75) is 225 Å². The van der Waals surface area contributed by atoms with Gasteiger partial charge in [-0.1, -0.05) is 197 Å². The highest BCUT2D eigenvalue weighted by Gasteiger charge is 2.61. The molecule has 12 rings (SSSR count). The third-order valence-electron chi connectivity index (χ3n) is 21.3. The molecule has 0 spiro atoms. The summed E-state index contributed by atoms with van der Waals surface area (Å²) in [6.07, 6.45) is 9.76. The molecule has 2 saturated carbocycles. The van der Waals surface area contributed by atoms with E-state index in [1.54, 1.807) is 5.56 Å². The van der Waals surface area contributed by atoms with E-state index in [9.17, 15) is 0 Å². The Labute approximate surface area is 454 Å². The van der Waals surface area contributed by atoms with Crippen LogP contribution in [0.4, 0.5) is 39.8 Å². The van der Waals surface area contributed by atoms with Crippen LogP contribution in [0.25, 0.3) is 0 Å². The molecule has 4 heterocycles. The summed E-state index contributed by atoms with van der Waals surface area (Å²) in [5.41, 5.74) is 25.1. The number of fused-ring (bicyclic) bond motifs is 10. The smallest absolute Gasteiger partial charge is 0.247 e. The Bertz CT molecular complexity index is 3290. The molecule has 3 nitrogen and oxygen atoms in total. The first kappa shape index (κ1) is 50.6. The molecule has 0 aromatic heterocycles. The van der Waals surface area contributed by atoms with Crippen LogP contribution in [0, 0.1) is 0 Å². The Kier molecular flexibility index (Phi) is 10.8. The van der Waals surface area contributed by atoms with E-state index >= 15 is 0 Å². The van der Waals surface area contributed by atoms with Crippen LogP contribution in [0.3, 0.4) is 0 Å². The van der Waals surface area contributed by atoms with Crippen molar-refractivity contribution in [3.8, 4) is 0 Å². The largest absolute Gasteiger partial charge is 0.334 e. The van der Waals surface area contributed by atoms with Gasteiger partial charge in [-0.05, 0) is 171 Å². The number of nitrogens with zero attached hydrogens (tertiary/aromatic N) is 3. The summed E-state index contributed by atoms with van der Waals surface area (Å²) in [5, 5.41) is 0. The summed E-state index contributed by atoms with van der Waals surface area (Å²) in [6, 6.07) is 45.3. The van der Waals surface area contributed by atoms with Gasteiger partial charge in [0.05, 0.1) is 11.1 Å². The fourth-order valence-electron chi connectivity index (χ4n) is 16.0. The molecule has 0 N–H and O–H groups in total. The maximum absolute atomic E-state index is 2.83. The number of anilines is 7. The third kappa shape index (κ3) is 7.04. The van der Waals surface area contributed by atoms with Gasteiger partial charge in [0.1, 0.15) is 0 Å². The van der Waals surface area contributed by atoms with Crippen LogP contribution in [-0.2, 0) is 37.9 Å². The Hall–Kier alpha value is -5.22. The second-order valence-corrected chi connectivity index (χ2v) is 30.2. The van der Waals surface area contributed by atoms with Gasteiger partial charge < -0.3 is 14.7 Å². The summed E-state index contributed by atoms with van der Waals surface area (Å²) in [5.74, 6) is 0. The first-order valence-corrected chi connectivity index (χ1v) is 29.2. The fraction of sp³-hybridized carbons (Fsp3) is 0.493. The van der Waals surface area contributed by atoms with Gasteiger partial charge in [-0.25, -0.2) is 0 Å². The molecule has 4 aliphatic heterocycles. The summed E-state index contributed by atoms with van der Waals surface area (Å²) in [6.45, 7) is 44.0. The van der Waals surface area contributed by atoms with Crippen molar-refractivity contribution >= 4 is 62.9 Å². The van der Waals surface area contributed by atoms with Gasteiger partial charge in [-0.3, -0.25) is 0 Å². The van der Waals surface area contributed by atoms with Crippen LogP contribution < -0.4 is 31.1 Å². The molecule has 6 aliphatic rings. The van der Waals surface area contributed by atoms with Crippen molar-refractivity contribution in [2.75, 3.05) is 14.7 Å². The average Bonchev–Trinajstić information content (AvgIpc) is 3.72. The lowest BCUT2D eigenvalue weighted by Crippen LogP contribution is -2.64. The number of benzene rings is 6. The molecule has 0 radical (unpaired) electrons. The molecule has 4 unspecified atom stereocenters. The van der Waals surface area contributed by atoms with Crippen LogP contribution in [0.5, 0.6) is 0 Å². The van der Waals surface area contributed by atoms with Crippen LogP contribution in [0.1, 0.15) is 221 Å². The topological polar surface area (TPSA) is 9.72 Å². The lowest BCUT2D eigenvalue weighted by Gasteiger charge is -2.50. The molecule has 75 heavy (non-hydrogen) atoms. The minimum Gasteiger partial charge on any atom is -0.334 e. The van der Waals surface area contributed by atoms with Crippen molar-refractivity contribution in [1.82, 2.24) is 0 Å². The standard InChI is InChI=1S/C71H88BN3/c1-63(2,3)45-23-29-49(30-24-45)73-60-44-59-54(69(16)36-20-22-38-71(69,18)75(59)51-33-27-47(28-34-51)65(7,8)9)42-57(60)72-56-41-53-58(43-52(56)67(13,14)55-39-48(66(10,11)12)40-61(73)62(55)72)74(70(17)37-21-19-35-68(53,70)15)50-31-25-46(26-32-50)64(4,5)6/h23-34,39-44H,19-22,35-38H2,1-18H3. The van der Waals surface area contributed by atoms with Gasteiger partial charge in [-0.15, -0.1) is 0 Å². The molecule has 0 saturated heterocycles. The third-order valence-corrected chi connectivity index (χ3v) is 21.3. The maximum Gasteiger partial charge on any atom is 0.247 e. The molecule has 0 amide bonds. The first-order chi connectivity index (χ1) is 34.9. The van der Waals surface area contributed by atoms with Gasteiger partial charge in [0, 0.05) is 56.1 Å². The van der Waals surface area contributed by atoms with E-state index in [4.69, 9.17) is 0 Å². The molecule has 4 heteroatoms. The van der Waals surface area contributed by atoms with Crippen LogP contribution in [0.15, 0.2) is 109 Å². The monoisotopic (exact) mass is 994 g/mol. The van der Waals surface area contributed by atoms with E-state index < -0.39 is 0 Å². The lowest BCUT2D eigenvalue weighted by molar-refractivity contribution is 0.195. The van der Waals surface area contributed by atoms with Gasteiger partial charge in [0.2, 0.25) is 6.71 Å². The fourth-order valence-corrected chi connectivity index (χ4v) is 16.0. The summed E-state index contributed by atoms with van der Waals surface area (Å²) < 4.78 is 0. The Balaban J connectivity index is 1.17. The van der Waals surface area contributed by atoms with Crippen molar-refractivity contribution in [1.29, 1.82) is 0 Å². The minimum atomic E-state index is -0.274. The van der Waals surface area contributed by atoms with Gasteiger partial charge >= 0.3 is 0 Å². The minimum absolute atomic E-state index is 0.0155. The highest BCUT2D eigenvalue weighted by Crippen LogP contribution is 2.64. The molecule has 390 valence electrons. The lowest BCUT2D eigenvalue weighted by atomic mass is 9.29. The van der Waals surface area contributed by atoms with E-state index in [1.807, 2.05) is 0 Å². The van der Waals surface area contributed by atoms with E-state index in [1.165, 1.54) is 147 Å². The van der Waals surface area contributed by atoms with E-state index in [2.05, 4.69) is 249 Å². The molecule has 2 aliphatic carbocycles. The maximum atomic E-state index is 2.83. The normalized spacial score (nSPS) is 25.5. The highest BCUT2D eigenvalue weighted by molar-refractivity contribution is 6.99. The highest BCUT2D eigenvalue weighted by atomic mass is 15.3. The molecule has 6 aromatic rings. The predicted octanol–water partition coefficient (Wildman–Crippen LogP) is 17.3. The van der Waals surface area contributed by atoms with Crippen LogP contribution >= 0.6 is 0 Å². The first-order valence-electron chi connectivity index (χ1n) is 29.2. The van der Waals surface area contributed by atoms with Gasteiger partial charge in [-0.2, -0.15) is 0 Å². The summed E-state index contributed by atoms with van der Waals surface area (Å²) >= 11 is 0. The summed E-state index contributed by atoms with van der Waals surface area (Å²) in [4.78, 5) is 8.37. The quantitative estimate of drug-likeness (QED) is 0.163.